The number of para-hydroxylation sites is 1. The highest BCUT2D eigenvalue weighted by molar-refractivity contribution is 5.95. The maximum Gasteiger partial charge on any atom is 0.289 e. The van der Waals surface area contributed by atoms with Crippen molar-refractivity contribution in [2.45, 2.75) is 26.2 Å². The number of anilines is 1. The Morgan fingerprint density at radius 1 is 1.33 bits per heavy atom. The summed E-state index contributed by atoms with van der Waals surface area (Å²) in [6.45, 7) is 3.51. The molecule has 15 heavy (non-hydrogen) atoms. The average Bonchev–Trinajstić information content (AvgIpc) is 2.18. The van der Waals surface area contributed by atoms with E-state index >= 15 is 0 Å². The highest BCUT2D eigenvalue weighted by atomic mass is 19.1. The summed E-state index contributed by atoms with van der Waals surface area (Å²) in [7, 11) is 0. The van der Waals surface area contributed by atoms with Crippen LogP contribution in [-0.2, 0) is 4.79 Å². The third-order valence-electron chi connectivity index (χ3n) is 1.99. The number of carbonyl (C=O) groups excluding carboxylic acids is 1. The number of halogens is 1. The fraction of sp³-hybridized carbons (Fsp3) is 0.364. The Bertz CT molecular complexity index is 325. The lowest BCUT2D eigenvalue weighted by molar-refractivity contribution is -0.135. The van der Waals surface area contributed by atoms with Crippen molar-refractivity contribution in [2.75, 3.05) is 4.90 Å². The predicted octanol–water partition coefficient (Wildman–Crippen LogP) is 1.72. The fourth-order valence-corrected chi connectivity index (χ4v) is 1.38. The van der Waals surface area contributed by atoms with Crippen molar-refractivity contribution in [3.63, 3.8) is 0 Å². The van der Waals surface area contributed by atoms with Gasteiger partial charge in [0.15, 0.2) is 0 Å². The van der Waals surface area contributed by atoms with E-state index in [0.29, 0.717) is 5.69 Å². The molecular formula is C11H14FNO2. The first kappa shape index (κ1) is 11.7. The number of nitrogens with zero attached hydrogens (tertiary/aromatic N) is 1. The second-order valence-corrected chi connectivity index (χ2v) is 3.47. The summed E-state index contributed by atoms with van der Waals surface area (Å²) in [5, 5.41) is 8.64. The average molecular weight is 211 g/mol. The number of hydrogen-bond acceptors (Lipinski definition) is 2. The van der Waals surface area contributed by atoms with Crippen LogP contribution >= 0.6 is 0 Å². The molecule has 0 saturated carbocycles. The van der Waals surface area contributed by atoms with Gasteiger partial charge in [-0.05, 0) is 26.0 Å². The van der Waals surface area contributed by atoms with Crippen molar-refractivity contribution in [1.29, 1.82) is 0 Å². The van der Waals surface area contributed by atoms with E-state index in [4.69, 9.17) is 5.11 Å². The molecule has 1 unspecified atom stereocenters. The molecule has 1 atom stereocenters. The lowest BCUT2D eigenvalue weighted by Gasteiger charge is -2.26. The van der Waals surface area contributed by atoms with Gasteiger partial charge in [0.2, 0.25) is 0 Å². The van der Waals surface area contributed by atoms with E-state index in [2.05, 4.69) is 0 Å². The highest BCUT2D eigenvalue weighted by Crippen LogP contribution is 2.17. The van der Waals surface area contributed by atoms with Crippen molar-refractivity contribution in [1.82, 2.24) is 0 Å². The smallest absolute Gasteiger partial charge is 0.289 e. The molecular weight excluding hydrogens is 197 g/mol. The Hall–Kier alpha value is -1.42. The monoisotopic (exact) mass is 211 g/mol. The minimum atomic E-state index is -2.47. The van der Waals surface area contributed by atoms with Crippen LogP contribution in [0.1, 0.15) is 13.8 Å². The number of aliphatic hydroxyl groups excluding tert-OH is 1. The van der Waals surface area contributed by atoms with Gasteiger partial charge in [-0.1, -0.05) is 18.2 Å². The summed E-state index contributed by atoms with van der Waals surface area (Å²) >= 11 is 0. The minimum Gasteiger partial charge on any atom is -0.357 e. The highest BCUT2D eigenvalue weighted by Gasteiger charge is 2.25. The molecule has 0 aliphatic heterocycles. The Balaban J connectivity index is 2.99. The zero-order chi connectivity index (χ0) is 11.4. The van der Waals surface area contributed by atoms with Crippen LogP contribution in [-0.4, -0.2) is 23.4 Å². The Morgan fingerprint density at radius 3 is 2.27 bits per heavy atom. The number of alkyl halides is 1. The van der Waals surface area contributed by atoms with E-state index in [1.807, 2.05) is 0 Å². The number of carbonyl (C=O) groups is 1. The van der Waals surface area contributed by atoms with E-state index in [0.717, 1.165) is 0 Å². The lowest BCUT2D eigenvalue weighted by atomic mass is 10.2. The molecule has 4 heteroatoms. The molecule has 1 aromatic carbocycles. The minimum absolute atomic E-state index is 0.203. The third-order valence-corrected chi connectivity index (χ3v) is 1.99. The first-order valence-corrected chi connectivity index (χ1v) is 4.74. The molecule has 1 amide bonds. The van der Waals surface area contributed by atoms with Gasteiger partial charge in [-0.3, -0.25) is 4.79 Å². The summed E-state index contributed by atoms with van der Waals surface area (Å²) < 4.78 is 12.6. The molecule has 1 N–H and O–H groups in total. The standard InChI is InChI=1S/C11H14FNO2/c1-8(2)13(11(15)10(12)14)9-6-4-3-5-7-9/h3-8,10,14H,1-2H3. The van der Waals surface area contributed by atoms with Crippen molar-refractivity contribution in [2.24, 2.45) is 0 Å². The van der Waals surface area contributed by atoms with Gasteiger partial charge in [0, 0.05) is 11.7 Å². The van der Waals surface area contributed by atoms with Gasteiger partial charge in [0.05, 0.1) is 0 Å². The maximum atomic E-state index is 12.6. The molecule has 3 nitrogen and oxygen atoms in total. The van der Waals surface area contributed by atoms with Crippen molar-refractivity contribution in [3.8, 4) is 0 Å². The maximum absolute atomic E-state index is 12.6. The van der Waals surface area contributed by atoms with Gasteiger partial charge in [0.25, 0.3) is 12.3 Å². The Morgan fingerprint density at radius 2 is 1.87 bits per heavy atom. The van der Waals surface area contributed by atoms with Crippen LogP contribution in [0.25, 0.3) is 0 Å². The fourth-order valence-electron chi connectivity index (χ4n) is 1.38. The van der Waals surface area contributed by atoms with Crippen LogP contribution in [0.3, 0.4) is 0 Å². The van der Waals surface area contributed by atoms with E-state index < -0.39 is 12.3 Å². The van der Waals surface area contributed by atoms with E-state index in [-0.39, 0.29) is 6.04 Å². The van der Waals surface area contributed by atoms with Gasteiger partial charge in [-0.25, -0.2) is 4.39 Å². The van der Waals surface area contributed by atoms with Crippen LogP contribution in [0, 0.1) is 0 Å². The molecule has 0 bridgehead atoms. The van der Waals surface area contributed by atoms with E-state index in [1.165, 1.54) is 4.90 Å². The molecule has 0 spiro atoms. The number of amides is 1. The zero-order valence-electron chi connectivity index (χ0n) is 8.72. The number of aliphatic hydroxyl groups is 1. The summed E-state index contributed by atoms with van der Waals surface area (Å²) in [5.41, 5.74) is 0.578. The molecule has 82 valence electrons. The van der Waals surface area contributed by atoms with Crippen molar-refractivity contribution in [3.05, 3.63) is 30.3 Å². The van der Waals surface area contributed by atoms with Crippen LogP contribution in [0.15, 0.2) is 30.3 Å². The van der Waals surface area contributed by atoms with Gasteiger partial charge in [-0.15, -0.1) is 0 Å². The molecule has 0 heterocycles. The predicted molar refractivity (Wildman–Crippen MR) is 56.2 cm³/mol. The van der Waals surface area contributed by atoms with Gasteiger partial charge >= 0.3 is 0 Å². The second kappa shape index (κ2) is 4.89. The van der Waals surface area contributed by atoms with Crippen LogP contribution in [0.4, 0.5) is 10.1 Å². The largest absolute Gasteiger partial charge is 0.357 e. The molecule has 1 rings (SSSR count). The molecule has 0 aliphatic rings. The van der Waals surface area contributed by atoms with Gasteiger partial charge < -0.3 is 10.0 Å². The lowest BCUT2D eigenvalue weighted by Crippen LogP contribution is -2.42. The number of benzene rings is 1. The molecule has 0 fully saturated rings. The van der Waals surface area contributed by atoms with Crippen LogP contribution in [0.5, 0.6) is 0 Å². The summed E-state index contributed by atoms with van der Waals surface area (Å²) in [6.07, 6.45) is -2.47. The Kier molecular flexibility index (Phi) is 3.80. The summed E-state index contributed by atoms with van der Waals surface area (Å²) in [4.78, 5) is 12.6. The molecule has 0 saturated heterocycles. The quantitative estimate of drug-likeness (QED) is 0.826. The van der Waals surface area contributed by atoms with Crippen LogP contribution < -0.4 is 4.90 Å². The van der Waals surface area contributed by atoms with Crippen molar-refractivity contribution >= 4 is 11.6 Å². The first-order chi connectivity index (χ1) is 7.04. The number of rotatable bonds is 3. The SMILES string of the molecule is CC(C)N(C(=O)C(O)F)c1ccccc1. The third kappa shape index (κ3) is 2.76. The van der Waals surface area contributed by atoms with Gasteiger partial charge in [-0.2, -0.15) is 0 Å². The molecule has 0 aromatic heterocycles. The van der Waals surface area contributed by atoms with Crippen LogP contribution in [0.2, 0.25) is 0 Å². The van der Waals surface area contributed by atoms with E-state index in [9.17, 15) is 9.18 Å². The number of hydrogen-bond donors (Lipinski definition) is 1. The zero-order valence-corrected chi connectivity index (χ0v) is 8.72. The van der Waals surface area contributed by atoms with Gasteiger partial charge in [0.1, 0.15) is 0 Å². The first-order valence-electron chi connectivity index (χ1n) is 4.74. The molecule has 0 aliphatic carbocycles. The van der Waals surface area contributed by atoms with E-state index in [1.54, 1.807) is 44.2 Å². The summed E-state index contributed by atoms with van der Waals surface area (Å²) in [6, 6.07) is 8.50. The molecule has 1 aromatic rings. The second-order valence-electron chi connectivity index (χ2n) is 3.47. The van der Waals surface area contributed by atoms with Crippen molar-refractivity contribution < 1.29 is 14.3 Å². The summed E-state index contributed by atoms with van der Waals surface area (Å²) in [5.74, 6) is -0.934. The topological polar surface area (TPSA) is 40.5 Å². The normalized spacial score (nSPS) is 12.6. The Labute approximate surface area is 88.1 Å². The molecule has 0 radical (unpaired) electrons.